The van der Waals surface area contributed by atoms with E-state index in [0.717, 1.165) is 15.8 Å². The Morgan fingerprint density at radius 2 is 1.80 bits per heavy atom. The molecule has 13 nitrogen and oxygen atoms in total. The Bertz CT molecular complexity index is 2070. The lowest BCUT2D eigenvalue weighted by Gasteiger charge is -2.38. The average molecular weight is 677 g/mol. The number of benzene rings is 1. The number of hydrogen-bond donors (Lipinski definition) is 2. The maximum Gasteiger partial charge on any atom is 0.419 e. The van der Waals surface area contributed by atoms with Gasteiger partial charge in [0.05, 0.1) is 40.1 Å². The number of aromatic nitrogens is 3. The lowest BCUT2D eigenvalue weighted by Crippen LogP contribution is -2.54. The number of piperidine rings is 1. The van der Waals surface area contributed by atoms with Gasteiger partial charge in [-0.25, -0.2) is 4.98 Å². The van der Waals surface area contributed by atoms with Gasteiger partial charge in [-0.3, -0.25) is 38.9 Å². The van der Waals surface area contributed by atoms with E-state index in [-0.39, 0.29) is 41.1 Å². The van der Waals surface area contributed by atoms with Crippen LogP contribution in [0.4, 0.5) is 28.9 Å². The summed E-state index contributed by atoms with van der Waals surface area (Å²) in [5.74, 6) is 1.23. The summed E-state index contributed by atoms with van der Waals surface area (Å²) >= 11 is 0. The molecule has 0 aliphatic carbocycles. The van der Waals surface area contributed by atoms with Crippen LogP contribution in [-0.2, 0) is 26.1 Å². The molecular formula is C32H24F4N8O5. The van der Waals surface area contributed by atoms with Crippen LogP contribution >= 0.6 is 0 Å². The molecule has 1 atom stereocenters. The number of alkyl halides is 3. The molecule has 0 radical (unpaired) electrons. The van der Waals surface area contributed by atoms with Gasteiger partial charge in [0.2, 0.25) is 17.8 Å². The zero-order valence-corrected chi connectivity index (χ0v) is 25.7. The van der Waals surface area contributed by atoms with Crippen molar-refractivity contribution >= 4 is 40.9 Å². The van der Waals surface area contributed by atoms with E-state index >= 15 is 0 Å². The third-order valence-corrected chi connectivity index (χ3v) is 8.44. The van der Waals surface area contributed by atoms with E-state index in [1.54, 1.807) is 12.1 Å². The zero-order chi connectivity index (χ0) is 35.4. The largest absolute Gasteiger partial charge is 0.419 e. The number of fused-ring (bicyclic) bond motifs is 1. The van der Waals surface area contributed by atoms with Crippen molar-refractivity contribution in [1.29, 1.82) is 5.26 Å². The second kappa shape index (κ2) is 11.9. The minimum Gasteiger partial charge on any atom is -0.369 e. The highest BCUT2D eigenvalue weighted by Gasteiger charge is 2.45. The second-order valence-corrected chi connectivity index (χ2v) is 12.1. The molecule has 0 saturated carbocycles. The Labute approximate surface area is 274 Å². The van der Waals surface area contributed by atoms with Crippen LogP contribution in [0.25, 0.3) is 0 Å². The standard InChI is InChI=1S/C32H24F4N8O5/c1-31(2,30(49)39-18-9-22(32(34,35)36)23(11-37)38-12-18)43-15-17(26(33)41-43)4-3-16-13-42(14-16)19-5-6-20-21(10-19)29(48)44(28(20)47)24-7-8-25(45)40-27(24)46/h5-6,9-10,12,15-16,24H,7-8,13-14H2,1-2H3,(H,39,49)(H,40,45,46). The topological polar surface area (TPSA) is 170 Å². The van der Waals surface area contributed by atoms with Crippen LogP contribution in [0.3, 0.4) is 0 Å². The number of rotatable bonds is 5. The van der Waals surface area contributed by atoms with Gasteiger partial charge in [-0.2, -0.15) is 22.8 Å². The molecule has 2 N–H and O–H groups in total. The smallest absolute Gasteiger partial charge is 0.369 e. The van der Waals surface area contributed by atoms with Crippen molar-refractivity contribution < 1.29 is 41.5 Å². The first-order valence-electron chi connectivity index (χ1n) is 14.7. The molecule has 0 bridgehead atoms. The molecule has 1 aromatic carbocycles. The third kappa shape index (κ3) is 5.95. The van der Waals surface area contributed by atoms with Gasteiger partial charge < -0.3 is 10.2 Å². The monoisotopic (exact) mass is 676 g/mol. The fraction of sp³-hybridized carbons (Fsp3) is 0.312. The van der Waals surface area contributed by atoms with E-state index in [1.165, 1.54) is 32.2 Å². The van der Waals surface area contributed by atoms with Gasteiger partial charge in [0.25, 0.3) is 17.7 Å². The van der Waals surface area contributed by atoms with Gasteiger partial charge in [-0.15, -0.1) is 5.10 Å². The number of hydrogen-bond acceptors (Lipinski definition) is 9. The second-order valence-electron chi connectivity index (χ2n) is 12.1. The summed E-state index contributed by atoms with van der Waals surface area (Å²) in [4.78, 5) is 69.1. The van der Waals surface area contributed by atoms with Gasteiger partial charge in [0, 0.05) is 31.4 Å². The van der Waals surface area contributed by atoms with E-state index in [1.807, 2.05) is 4.90 Å². The van der Waals surface area contributed by atoms with Crippen molar-refractivity contribution in [1.82, 2.24) is 25.0 Å². The highest BCUT2D eigenvalue weighted by molar-refractivity contribution is 6.23. The minimum atomic E-state index is -4.88. The molecule has 2 fully saturated rings. The molecular weight excluding hydrogens is 652 g/mol. The van der Waals surface area contributed by atoms with E-state index in [9.17, 15) is 41.5 Å². The first kappa shape index (κ1) is 32.8. The molecule has 2 aromatic heterocycles. The third-order valence-electron chi connectivity index (χ3n) is 8.44. The predicted molar refractivity (Wildman–Crippen MR) is 160 cm³/mol. The fourth-order valence-electron chi connectivity index (χ4n) is 5.57. The van der Waals surface area contributed by atoms with Crippen LogP contribution in [0.5, 0.6) is 0 Å². The van der Waals surface area contributed by atoms with E-state index in [4.69, 9.17) is 5.26 Å². The van der Waals surface area contributed by atoms with Gasteiger partial charge >= 0.3 is 6.18 Å². The normalized spacial score (nSPS) is 17.9. The summed E-state index contributed by atoms with van der Waals surface area (Å²) in [5.41, 5.74) is -3.27. The Balaban J connectivity index is 1.10. The maximum absolute atomic E-state index is 14.8. The van der Waals surface area contributed by atoms with Crippen molar-refractivity contribution in [3.05, 3.63) is 70.6 Å². The van der Waals surface area contributed by atoms with Crippen LogP contribution in [-0.4, -0.2) is 68.3 Å². The number of amides is 5. The van der Waals surface area contributed by atoms with Crippen LogP contribution in [0, 0.1) is 35.0 Å². The number of nitrogens with one attached hydrogen (secondary N) is 2. The number of imide groups is 2. The molecule has 3 aliphatic rings. The summed E-state index contributed by atoms with van der Waals surface area (Å²) in [7, 11) is 0. The Morgan fingerprint density at radius 3 is 2.47 bits per heavy atom. The van der Waals surface area contributed by atoms with E-state index in [2.05, 4.69) is 32.6 Å². The van der Waals surface area contributed by atoms with E-state index < -0.39 is 64.5 Å². The van der Waals surface area contributed by atoms with Crippen LogP contribution in [0.15, 0.2) is 36.7 Å². The van der Waals surface area contributed by atoms with Crippen molar-refractivity contribution in [3.8, 4) is 17.9 Å². The molecule has 0 spiro atoms. The lowest BCUT2D eigenvalue weighted by molar-refractivity contribution is -0.138. The van der Waals surface area contributed by atoms with Crippen molar-refractivity contribution in [2.24, 2.45) is 5.92 Å². The molecule has 250 valence electrons. The number of anilines is 2. The quantitative estimate of drug-likeness (QED) is 0.234. The summed E-state index contributed by atoms with van der Waals surface area (Å²) < 4.78 is 55.7. The summed E-state index contributed by atoms with van der Waals surface area (Å²) in [6.45, 7) is 3.56. The SMILES string of the molecule is CC(C)(C(=O)Nc1cnc(C#N)c(C(F)(F)F)c1)n1cc(C#CC2CN(c3ccc4c(c3)C(=O)N(C3CCC(=O)NC3=O)C4=O)C2)c(F)n1. The number of carbonyl (C=O) groups is 5. The Hall–Kier alpha value is -6.10. The highest BCUT2D eigenvalue weighted by atomic mass is 19.4. The first-order valence-corrected chi connectivity index (χ1v) is 14.7. The average Bonchev–Trinajstić information content (AvgIpc) is 3.52. The lowest BCUT2D eigenvalue weighted by atomic mass is 9.98. The van der Waals surface area contributed by atoms with Crippen molar-refractivity contribution in [2.45, 2.75) is 44.4 Å². The first-order chi connectivity index (χ1) is 23.1. The maximum atomic E-state index is 14.8. The molecule has 3 aromatic rings. The number of halogens is 4. The van der Waals surface area contributed by atoms with E-state index in [0.29, 0.717) is 24.8 Å². The predicted octanol–water partition coefficient (Wildman–Crippen LogP) is 2.57. The summed E-state index contributed by atoms with van der Waals surface area (Å²) in [6, 6.07) is 5.58. The molecule has 1 unspecified atom stereocenters. The molecule has 6 rings (SSSR count). The number of nitrogens with zero attached hydrogens (tertiary/aromatic N) is 6. The fourth-order valence-corrected chi connectivity index (χ4v) is 5.57. The number of pyridine rings is 1. The minimum absolute atomic E-state index is 0.00981. The van der Waals surface area contributed by atoms with Gasteiger partial charge in [-0.1, -0.05) is 11.8 Å². The van der Waals surface area contributed by atoms with Gasteiger partial charge in [0.1, 0.15) is 17.6 Å². The van der Waals surface area contributed by atoms with Crippen molar-refractivity contribution in [3.63, 3.8) is 0 Å². The van der Waals surface area contributed by atoms with Gasteiger partial charge in [0.15, 0.2) is 5.69 Å². The number of nitriles is 1. The zero-order valence-electron chi connectivity index (χ0n) is 25.7. The molecule has 3 aliphatic heterocycles. The summed E-state index contributed by atoms with van der Waals surface area (Å²) in [5, 5.41) is 17.1. The number of carbonyl (C=O) groups excluding carboxylic acids is 5. The highest BCUT2D eigenvalue weighted by Crippen LogP contribution is 2.34. The molecule has 17 heteroatoms. The Morgan fingerprint density at radius 1 is 1.08 bits per heavy atom. The summed E-state index contributed by atoms with van der Waals surface area (Å²) in [6.07, 6.45) is -2.72. The molecule has 5 amide bonds. The van der Waals surface area contributed by atoms with Crippen molar-refractivity contribution in [2.75, 3.05) is 23.3 Å². The molecule has 49 heavy (non-hydrogen) atoms. The van der Waals surface area contributed by atoms with Crippen LogP contribution < -0.4 is 15.5 Å². The molecule has 5 heterocycles. The van der Waals surface area contributed by atoms with Gasteiger partial charge in [-0.05, 0) is 44.5 Å². The van der Waals surface area contributed by atoms with Crippen LogP contribution in [0.2, 0.25) is 0 Å². The van der Waals surface area contributed by atoms with Crippen LogP contribution in [0.1, 0.15) is 64.2 Å². The molecule has 2 saturated heterocycles. The Kier molecular flexibility index (Phi) is 7.94.